The summed E-state index contributed by atoms with van der Waals surface area (Å²) in [6.45, 7) is 0.831. The molecule has 0 aliphatic rings. The summed E-state index contributed by atoms with van der Waals surface area (Å²) in [6, 6.07) is 14.6. The first kappa shape index (κ1) is 20.3. The van der Waals surface area contributed by atoms with Crippen molar-refractivity contribution < 1.29 is 13.2 Å². The number of likely N-dealkylation sites (N-methyl/N-ethyl adjacent to an activating group) is 1. The Kier molecular flexibility index (Phi) is 5.98. The standard InChI is InChI=1S/C21H25N3O3S/c1-22-28(26,27)15-16-9-10-20-19(13-16)18(11-12-23(2)3)14-24(20)21(25)17-7-5-4-6-8-17/h4-10,13-14,22H,11-12,15H2,1-3H3. The molecular formula is C21H25N3O3S. The third kappa shape index (κ3) is 4.49. The van der Waals surface area contributed by atoms with E-state index in [0.717, 1.165) is 29.4 Å². The van der Waals surface area contributed by atoms with Gasteiger partial charge in [-0.2, -0.15) is 0 Å². The lowest BCUT2D eigenvalue weighted by Crippen LogP contribution is -2.20. The van der Waals surface area contributed by atoms with E-state index in [4.69, 9.17) is 0 Å². The second-order valence-electron chi connectivity index (χ2n) is 7.06. The zero-order valence-electron chi connectivity index (χ0n) is 16.3. The van der Waals surface area contributed by atoms with Crippen molar-refractivity contribution in [3.8, 4) is 0 Å². The van der Waals surface area contributed by atoms with Gasteiger partial charge in [0.25, 0.3) is 5.91 Å². The van der Waals surface area contributed by atoms with Crippen molar-refractivity contribution in [3.05, 3.63) is 71.4 Å². The van der Waals surface area contributed by atoms with Gasteiger partial charge < -0.3 is 4.90 Å². The van der Waals surface area contributed by atoms with E-state index in [-0.39, 0.29) is 11.7 Å². The molecule has 28 heavy (non-hydrogen) atoms. The molecule has 7 heteroatoms. The molecular weight excluding hydrogens is 374 g/mol. The maximum absolute atomic E-state index is 13.0. The van der Waals surface area contributed by atoms with Crippen molar-refractivity contribution >= 4 is 26.8 Å². The molecule has 0 saturated heterocycles. The normalized spacial score (nSPS) is 12.0. The Balaban J connectivity index is 2.08. The Bertz CT molecular complexity index is 1090. The van der Waals surface area contributed by atoms with Gasteiger partial charge in [0.15, 0.2) is 0 Å². The minimum atomic E-state index is -3.36. The van der Waals surface area contributed by atoms with E-state index in [1.807, 2.05) is 50.6 Å². The lowest BCUT2D eigenvalue weighted by molar-refractivity contribution is 0.0965. The van der Waals surface area contributed by atoms with Gasteiger partial charge in [0.2, 0.25) is 10.0 Å². The van der Waals surface area contributed by atoms with E-state index in [0.29, 0.717) is 11.1 Å². The van der Waals surface area contributed by atoms with Crippen molar-refractivity contribution in [1.29, 1.82) is 0 Å². The summed E-state index contributed by atoms with van der Waals surface area (Å²) >= 11 is 0. The SMILES string of the molecule is CNS(=O)(=O)Cc1ccc2c(c1)c(CCN(C)C)cn2C(=O)c1ccccc1. The monoisotopic (exact) mass is 399 g/mol. The van der Waals surface area contributed by atoms with Gasteiger partial charge in [-0.3, -0.25) is 9.36 Å². The summed E-state index contributed by atoms with van der Waals surface area (Å²) < 4.78 is 27.9. The number of rotatable bonds is 7. The van der Waals surface area contributed by atoms with Crippen LogP contribution in [0.5, 0.6) is 0 Å². The molecule has 6 nitrogen and oxygen atoms in total. The number of carbonyl (C=O) groups excluding carboxylic acids is 1. The second kappa shape index (κ2) is 8.26. The Morgan fingerprint density at radius 3 is 2.46 bits per heavy atom. The van der Waals surface area contributed by atoms with Gasteiger partial charge in [-0.25, -0.2) is 13.1 Å². The molecule has 0 atom stereocenters. The van der Waals surface area contributed by atoms with E-state index in [9.17, 15) is 13.2 Å². The molecule has 0 unspecified atom stereocenters. The number of nitrogens with one attached hydrogen (secondary N) is 1. The summed E-state index contributed by atoms with van der Waals surface area (Å²) in [5.74, 6) is -0.193. The van der Waals surface area contributed by atoms with Crippen LogP contribution >= 0.6 is 0 Å². The summed E-state index contributed by atoms with van der Waals surface area (Å²) in [5.41, 5.74) is 3.11. The molecule has 3 rings (SSSR count). The van der Waals surface area contributed by atoms with Crippen LogP contribution in [0.25, 0.3) is 10.9 Å². The first-order valence-electron chi connectivity index (χ1n) is 9.09. The van der Waals surface area contributed by atoms with Crippen molar-refractivity contribution in [2.75, 3.05) is 27.7 Å². The van der Waals surface area contributed by atoms with Gasteiger partial charge in [0.1, 0.15) is 0 Å². The molecule has 0 fully saturated rings. The molecule has 1 heterocycles. The summed E-state index contributed by atoms with van der Waals surface area (Å²) in [6.07, 6.45) is 2.64. The van der Waals surface area contributed by atoms with E-state index >= 15 is 0 Å². The number of hydrogen-bond donors (Lipinski definition) is 1. The lowest BCUT2D eigenvalue weighted by atomic mass is 10.1. The average molecular weight is 400 g/mol. The lowest BCUT2D eigenvalue weighted by Gasteiger charge is -2.08. The maximum Gasteiger partial charge on any atom is 0.262 e. The van der Waals surface area contributed by atoms with Crippen LogP contribution in [0.4, 0.5) is 0 Å². The van der Waals surface area contributed by atoms with Crippen LogP contribution in [0.2, 0.25) is 0 Å². The predicted octanol–water partition coefficient (Wildman–Crippen LogP) is 2.48. The van der Waals surface area contributed by atoms with Crippen LogP contribution in [0, 0.1) is 0 Å². The third-order valence-corrected chi connectivity index (χ3v) is 6.02. The molecule has 0 aliphatic heterocycles. The quantitative estimate of drug-likeness (QED) is 0.663. The fraction of sp³-hybridized carbons (Fsp3) is 0.286. The fourth-order valence-electron chi connectivity index (χ4n) is 3.16. The van der Waals surface area contributed by atoms with Gasteiger partial charge in [-0.05, 0) is 63.0 Å². The fourth-order valence-corrected chi connectivity index (χ4v) is 3.92. The predicted molar refractivity (Wildman–Crippen MR) is 112 cm³/mol. The highest BCUT2D eigenvalue weighted by Crippen LogP contribution is 2.25. The van der Waals surface area contributed by atoms with Crippen LogP contribution in [0.3, 0.4) is 0 Å². The van der Waals surface area contributed by atoms with Crippen LogP contribution in [0.15, 0.2) is 54.7 Å². The number of fused-ring (bicyclic) bond motifs is 1. The number of sulfonamides is 1. The van der Waals surface area contributed by atoms with Crippen LogP contribution in [-0.2, 0) is 22.2 Å². The minimum Gasteiger partial charge on any atom is -0.309 e. The van der Waals surface area contributed by atoms with Gasteiger partial charge in [-0.1, -0.05) is 24.3 Å². The van der Waals surface area contributed by atoms with Gasteiger partial charge >= 0.3 is 0 Å². The Hall–Kier alpha value is -2.48. The topological polar surface area (TPSA) is 71.4 Å². The number of benzene rings is 2. The molecule has 0 aliphatic carbocycles. The second-order valence-corrected chi connectivity index (χ2v) is 8.99. The Labute approximate surface area is 165 Å². The Morgan fingerprint density at radius 1 is 1.11 bits per heavy atom. The van der Waals surface area contributed by atoms with E-state index in [1.54, 1.807) is 22.8 Å². The molecule has 0 saturated carbocycles. The number of hydrogen-bond acceptors (Lipinski definition) is 4. The van der Waals surface area contributed by atoms with Crippen LogP contribution in [0.1, 0.15) is 21.5 Å². The first-order valence-corrected chi connectivity index (χ1v) is 10.7. The molecule has 0 radical (unpaired) electrons. The zero-order chi connectivity index (χ0) is 20.3. The van der Waals surface area contributed by atoms with E-state index < -0.39 is 10.0 Å². The molecule has 2 aromatic carbocycles. The average Bonchev–Trinajstić information content (AvgIpc) is 3.04. The molecule has 0 amide bonds. The van der Waals surface area contributed by atoms with Crippen LogP contribution < -0.4 is 4.72 Å². The molecule has 1 N–H and O–H groups in total. The minimum absolute atomic E-state index is 0.0929. The van der Waals surface area contributed by atoms with Crippen molar-refractivity contribution in [2.24, 2.45) is 0 Å². The highest BCUT2D eigenvalue weighted by Gasteiger charge is 2.17. The number of nitrogens with zero attached hydrogens (tertiary/aromatic N) is 2. The number of carbonyl (C=O) groups is 1. The van der Waals surface area contributed by atoms with Gasteiger partial charge in [0, 0.05) is 23.7 Å². The van der Waals surface area contributed by atoms with E-state index in [1.165, 1.54) is 7.05 Å². The zero-order valence-corrected chi connectivity index (χ0v) is 17.2. The summed E-state index contributed by atoms with van der Waals surface area (Å²) in [7, 11) is 2.04. The molecule has 0 bridgehead atoms. The third-order valence-electron chi connectivity index (χ3n) is 4.69. The maximum atomic E-state index is 13.0. The van der Waals surface area contributed by atoms with Crippen molar-refractivity contribution in [2.45, 2.75) is 12.2 Å². The first-order chi connectivity index (χ1) is 13.3. The van der Waals surface area contributed by atoms with Gasteiger partial charge in [0.05, 0.1) is 11.3 Å². The highest BCUT2D eigenvalue weighted by atomic mass is 32.2. The highest BCUT2D eigenvalue weighted by molar-refractivity contribution is 7.88. The molecule has 3 aromatic rings. The van der Waals surface area contributed by atoms with Crippen molar-refractivity contribution in [1.82, 2.24) is 14.2 Å². The molecule has 1 aromatic heterocycles. The summed E-state index contributed by atoms with van der Waals surface area (Å²) in [5, 5.41) is 0.912. The van der Waals surface area contributed by atoms with Gasteiger partial charge in [-0.15, -0.1) is 0 Å². The largest absolute Gasteiger partial charge is 0.309 e. The summed E-state index contributed by atoms with van der Waals surface area (Å²) in [4.78, 5) is 15.1. The number of aromatic nitrogens is 1. The van der Waals surface area contributed by atoms with Crippen LogP contribution in [-0.4, -0.2) is 51.5 Å². The smallest absolute Gasteiger partial charge is 0.262 e. The Morgan fingerprint density at radius 2 is 1.82 bits per heavy atom. The molecule has 0 spiro atoms. The molecule has 148 valence electrons. The van der Waals surface area contributed by atoms with Crippen molar-refractivity contribution in [3.63, 3.8) is 0 Å². The van der Waals surface area contributed by atoms with E-state index in [2.05, 4.69) is 9.62 Å².